The number of halogens is 6. The SMILES string of the molecule is Cc1c(C(N)=S)cc(C(F)(F)F)cc1C(F)(F)F. The maximum absolute atomic E-state index is 12.6. The maximum Gasteiger partial charge on any atom is 0.416 e. The molecule has 2 N–H and O–H groups in total. The van der Waals surface area contributed by atoms with Crippen LogP contribution in [0.5, 0.6) is 0 Å². The number of rotatable bonds is 1. The highest BCUT2D eigenvalue weighted by molar-refractivity contribution is 7.80. The van der Waals surface area contributed by atoms with Gasteiger partial charge >= 0.3 is 12.4 Å². The van der Waals surface area contributed by atoms with Gasteiger partial charge < -0.3 is 5.73 Å². The van der Waals surface area contributed by atoms with Gasteiger partial charge in [0, 0.05) is 5.56 Å². The molecule has 0 aliphatic carbocycles. The molecule has 0 aliphatic heterocycles. The van der Waals surface area contributed by atoms with E-state index in [1.165, 1.54) is 0 Å². The summed E-state index contributed by atoms with van der Waals surface area (Å²) in [4.78, 5) is -0.510. The van der Waals surface area contributed by atoms with Gasteiger partial charge in [0.25, 0.3) is 0 Å². The Morgan fingerprint density at radius 1 is 1.06 bits per heavy atom. The van der Waals surface area contributed by atoms with Gasteiger partial charge in [0.2, 0.25) is 0 Å². The highest BCUT2D eigenvalue weighted by Crippen LogP contribution is 2.38. The Balaban J connectivity index is 3.63. The molecular weight excluding hydrogens is 280 g/mol. The van der Waals surface area contributed by atoms with Crippen LogP contribution in [0.4, 0.5) is 26.3 Å². The van der Waals surface area contributed by atoms with E-state index in [4.69, 9.17) is 5.73 Å². The summed E-state index contributed by atoms with van der Waals surface area (Å²) in [6.07, 6.45) is -9.79. The number of thiocarbonyl (C=S) groups is 1. The van der Waals surface area contributed by atoms with Crippen molar-refractivity contribution >= 4 is 17.2 Å². The summed E-state index contributed by atoms with van der Waals surface area (Å²) in [6.45, 7) is 1.03. The Morgan fingerprint density at radius 3 is 1.89 bits per heavy atom. The first kappa shape index (κ1) is 14.7. The summed E-state index contributed by atoms with van der Waals surface area (Å²) in [5, 5.41) is 0. The van der Waals surface area contributed by atoms with Crippen molar-refractivity contribution in [1.29, 1.82) is 0 Å². The van der Waals surface area contributed by atoms with E-state index in [-0.39, 0.29) is 6.07 Å². The van der Waals surface area contributed by atoms with Gasteiger partial charge in [-0.05, 0) is 24.6 Å². The summed E-state index contributed by atoms with van der Waals surface area (Å²) in [6, 6.07) is 0.573. The molecule has 0 unspecified atom stereocenters. The Morgan fingerprint density at radius 2 is 1.56 bits per heavy atom. The normalized spacial score (nSPS) is 12.6. The van der Waals surface area contributed by atoms with Gasteiger partial charge in [-0.1, -0.05) is 12.2 Å². The molecule has 0 atom stereocenters. The monoisotopic (exact) mass is 287 g/mol. The number of hydrogen-bond acceptors (Lipinski definition) is 1. The van der Waals surface area contributed by atoms with Crippen molar-refractivity contribution in [3.8, 4) is 0 Å². The second-order valence-corrected chi connectivity index (χ2v) is 4.00. The lowest BCUT2D eigenvalue weighted by molar-refractivity contribution is -0.143. The molecule has 0 saturated heterocycles. The zero-order valence-electron chi connectivity index (χ0n) is 8.91. The maximum atomic E-state index is 12.6. The lowest BCUT2D eigenvalue weighted by Gasteiger charge is -2.17. The minimum absolute atomic E-state index is 0.0527. The van der Waals surface area contributed by atoms with Gasteiger partial charge in [-0.2, -0.15) is 26.3 Å². The van der Waals surface area contributed by atoms with Gasteiger partial charge in [0.15, 0.2) is 0 Å². The Kier molecular flexibility index (Phi) is 3.62. The number of alkyl halides is 6. The molecule has 0 spiro atoms. The van der Waals surface area contributed by atoms with Gasteiger partial charge in [0.1, 0.15) is 4.99 Å². The van der Waals surface area contributed by atoms with Crippen LogP contribution < -0.4 is 5.73 Å². The molecule has 1 aromatic carbocycles. The van der Waals surface area contributed by atoms with E-state index in [0.717, 1.165) is 6.92 Å². The van der Waals surface area contributed by atoms with Crippen LogP contribution in [0.3, 0.4) is 0 Å². The first-order chi connectivity index (χ1) is 7.94. The molecule has 0 fully saturated rings. The first-order valence-corrected chi connectivity index (χ1v) is 4.94. The second kappa shape index (κ2) is 4.42. The molecule has 1 aromatic rings. The second-order valence-electron chi connectivity index (χ2n) is 3.56. The molecule has 0 radical (unpaired) electrons. The summed E-state index contributed by atoms with van der Waals surface area (Å²) >= 11 is 4.46. The average Bonchev–Trinajstić information content (AvgIpc) is 2.13. The predicted molar refractivity (Wildman–Crippen MR) is 57.1 cm³/mol. The third-order valence-corrected chi connectivity index (χ3v) is 2.53. The highest BCUT2D eigenvalue weighted by atomic mass is 32.1. The predicted octanol–water partition coefficient (Wildman–Crippen LogP) is 3.67. The Hall–Kier alpha value is -1.31. The van der Waals surface area contributed by atoms with Crippen LogP contribution >= 0.6 is 12.2 Å². The number of nitrogens with two attached hydrogens (primary N) is 1. The average molecular weight is 287 g/mol. The minimum atomic E-state index is -4.90. The lowest BCUT2D eigenvalue weighted by atomic mass is 9.98. The molecule has 8 heteroatoms. The van der Waals surface area contributed by atoms with Crippen molar-refractivity contribution < 1.29 is 26.3 Å². The fourth-order valence-corrected chi connectivity index (χ4v) is 1.64. The molecule has 0 heterocycles. The number of hydrogen-bond donors (Lipinski definition) is 1. The summed E-state index contributed by atoms with van der Waals surface area (Å²) in [7, 11) is 0. The van der Waals surface area contributed by atoms with Gasteiger partial charge in [0.05, 0.1) is 11.1 Å². The Bertz CT molecular complexity index is 488. The van der Waals surface area contributed by atoms with E-state index in [9.17, 15) is 26.3 Å². The highest BCUT2D eigenvalue weighted by Gasteiger charge is 2.38. The van der Waals surface area contributed by atoms with E-state index in [1.54, 1.807) is 0 Å². The molecule has 1 rings (SSSR count). The summed E-state index contributed by atoms with van der Waals surface area (Å²) < 4.78 is 75.3. The van der Waals surface area contributed by atoms with Crippen LogP contribution in [0.25, 0.3) is 0 Å². The standard InChI is InChI=1S/C10H7F6NS/c1-4-6(8(17)18)2-5(9(11,12)13)3-7(4)10(14,15)16/h2-3H,1H3,(H2,17,18). The molecule has 0 saturated carbocycles. The smallest absolute Gasteiger partial charge is 0.389 e. The molecular formula is C10H7F6NS. The van der Waals surface area contributed by atoms with Crippen LogP contribution in [0, 0.1) is 6.92 Å². The van der Waals surface area contributed by atoms with Gasteiger partial charge in [-0.25, -0.2) is 0 Å². The molecule has 100 valence electrons. The molecule has 0 bridgehead atoms. The van der Waals surface area contributed by atoms with Crippen LogP contribution in [0.2, 0.25) is 0 Å². The molecule has 0 aliphatic rings. The minimum Gasteiger partial charge on any atom is -0.389 e. The van der Waals surface area contributed by atoms with Crippen molar-refractivity contribution in [2.75, 3.05) is 0 Å². The van der Waals surface area contributed by atoms with Crippen molar-refractivity contribution in [1.82, 2.24) is 0 Å². The summed E-state index contributed by atoms with van der Waals surface area (Å²) in [5.41, 5.74) is 1.48. The van der Waals surface area contributed by atoms with Crippen molar-refractivity contribution in [3.05, 3.63) is 34.4 Å². The lowest BCUT2D eigenvalue weighted by Crippen LogP contribution is -2.19. The molecule has 1 nitrogen and oxygen atoms in total. The summed E-state index contributed by atoms with van der Waals surface area (Å²) in [5.74, 6) is 0. The fourth-order valence-electron chi connectivity index (χ4n) is 1.43. The van der Waals surface area contributed by atoms with Crippen molar-refractivity contribution in [2.24, 2.45) is 5.73 Å². The molecule has 0 aromatic heterocycles. The van der Waals surface area contributed by atoms with Gasteiger partial charge in [-0.3, -0.25) is 0 Å². The van der Waals surface area contributed by atoms with E-state index in [1.807, 2.05) is 0 Å². The van der Waals surface area contributed by atoms with Crippen LogP contribution in [0.15, 0.2) is 12.1 Å². The number of benzene rings is 1. The van der Waals surface area contributed by atoms with Crippen LogP contribution in [-0.2, 0) is 12.4 Å². The first-order valence-electron chi connectivity index (χ1n) is 4.53. The zero-order valence-corrected chi connectivity index (χ0v) is 9.72. The van der Waals surface area contributed by atoms with Crippen molar-refractivity contribution in [3.63, 3.8) is 0 Å². The van der Waals surface area contributed by atoms with Gasteiger partial charge in [-0.15, -0.1) is 0 Å². The topological polar surface area (TPSA) is 26.0 Å². The third kappa shape index (κ3) is 2.92. The fraction of sp³-hybridized carbons (Fsp3) is 0.300. The van der Waals surface area contributed by atoms with E-state index in [0.29, 0.717) is 6.07 Å². The quantitative estimate of drug-likeness (QED) is 0.630. The zero-order chi connectivity index (χ0) is 14.3. The largest absolute Gasteiger partial charge is 0.416 e. The van der Waals surface area contributed by atoms with Crippen molar-refractivity contribution in [2.45, 2.75) is 19.3 Å². The third-order valence-electron chi connectivity index (χ3n) is 2.31. The van der Waals surface area contributed by atoms with Crippen LogP contribution in [-0.4, -0.2) is 4.99 Å². The molecule has 18 heavy (non-hydrogen) atoms. The Labute approximate surface area is 104 Å². The molecule has 0 amide bonds. The van der Waals surface area contributed by atoms with Crippen LogP contribution in [0.1, 0.15) is 22.3 Å². The van der Waals surface area contributed by atoms with E-state index >= 15 is 0 Å². The van der Waals surface area contributed by atoms with E-state index < -0.39 is 39.6 Å². The van der Waals surface area contributed by atoms with E-state index in [2.05, 4.69) is 12.2 Å².